The van der Waals surface area contributed by atoms with E-state index >= 15 is 0 Å². The number of benzene rings is 2. The third-order valence-electron chi connectivity index (χ3n) is 4.77. The van der Waals surface area contributed by atoms with Gasteiger partial charge in [-0.3, -0.25) is 4.79 Å². The van der Waals surface area contributed by atoms with Crippen LogP contribution in [0, 0.1) is 5.92 Å². The molecule has 0 spiro atoms. The van der Waals surface area contributed by atoms with Gasteiger partial charge in [-0.1, -0.05) is 48.5 Å². The van der Waals surface area contributed by atoms with E-state index in [2.05, 4.69) is 5.32 Å². The summed E-state index contributed by atoms with van der Waals surface area (Å²) in [6.07, 6.45) is 1.62. The lowest BCUT2D eigenvalue weighted by atomic mass is 9.95. The molecule has 1 heterocycles. The Hall–Kier alpha value is -2.66. The lowest BCUT2D eigenvalue weighted by Crippen LogP contribution is -2.30. The van der Waals surface area contributed by atoms with Crippen molar-refractivity contribution in [3.05, 3.63) is 71.3 Å². The van der Waals surface area contributed by atoms with Gasteiger partial charge < -0.3 is 15.2 Å². The fraction of sp³-hybridized carbons (Fsp3) is 0.333. The number of carbonyl (C=O) groups is 2. The van der Waals surface area contributed by atoms with Crippen LogP contribution >= 0.6 is 0 Å². The maximum absolute atomic E-state index is 12.2. The highest BCUT2D eigenvalue weighted by Crippen LogP contribution is 2.33. The molecule has 1 amide bonds. The zero-order valence-corrected chi connectivity index (χ0v) is 14.6. The summed E-state index contributed by atoms with van der Waals surface area (Å²) in [7, 11) is 0. The number of aromatic carboxylic acids is 1. The largest absolute Gasteiger partial charge is 0.478 e. The molecule has 5 nitrogen and oxygen atoms in total. The summed E-state index contributed by atoms with van der Waals surface area (Å²) in [6.45, 7) is 1.27. The number of hydrogen-bond donors (Lipinski definition) is 2. The summed E-state index contributed by atoms with van der Waals surface area (Å²) in [5.41, 5.74) is 2.08. The Morgan fingerprint density at radius 1 is 1.08 bits per heavy atom. The van der Waals surface area contributed by atoms with Crippen molar-refractivity contribution in [2.75, 3.05) is 13.2 Å². The van der Waals surface area contributed by atoms with Crippen LogP contribution in [-0.4, -0.2) is 30.1 Å². The fourth-order valence-electron chi connectivity index (χ4n) is 3.38. The van der Waals surface area contributed by atoms with E-state index in [-0.39, 0.29) is 29.9 Å². The van der Waals surface area contributed by atoms with Gasteiger partial charge in [0, 0.05) is 25.5 Å². The first-order valence-corrected chi connectivity index (χ1v) is 8.89. The normalized spacial score (nSPS) is 19.2. The van der Waals surface area contributed by atoms with Crippen molar-refractivity contribution in [3.63, 3.8) is 0 Å². The lowest BCUT2D eigenvalue weighted by Gasteiger charge is -2.19. The highest BCUT2D eigenvalue weighted by atomic mass is 16.5. The minimum Gasteiger partial charge on any atom is -0.478 e. The zero-order chi connectivity index (χ0) is 18.4. The Morgan fingerprint density at radius 2 is 1.81 bits per heavy atom. The quantitative estimate of drug-likeness (QED) is 0.801. The predicted octanol–water partition coefficient (Wildman–Crippen LogP) is 3.21. The van der Waals surface area contributed by atoms with E-state index in [0.29, 0.717) is 25.1 Å². The maximum Gasteiger partial charge on any atom is 0.335 e. The molecule has 136 valence electrons. The average Bonchev–Trinajstić information content (AvgIpc) is 3.14. The predicted molar refractivity (Wildman–Crippen MR) is 98.0 cm³/mol. The summed E-state index contributed by atoms with van der Waals surface area (Å²) in [6, 6.07) is 16.9. The van der Waals surface area contributed by atoms with Crippen molar-refractivity contribution < 1.29 is 19.4 Å². The molecule has 2 atom stereocenters. The number of carboxylic acid groups (broad SMARTS) is 1. The van der Waals surface area contributed by atoms with E-state index in [1.165, 1.54) is 0 Å². The molecule has 0 saturated carbocycles. The van der Waals surface area contributed by atoms with Crippen LogP contribution in [0.25, 0.3) is 0 Å². The van der Waals surface area contributed by atoms with Crippen molar-refractivity contribution in [2.45, 2.75) is 25.4 Å². The van der Waals surface area contributed by atoms with Gasteiger partial charge in [-0.2, -0.15) is 0 Å². The highest BCUT2D eigenvalue weighted by Gasteiger charge is 2.29. The monoisotopic (exact) mass is 353 g/mol. The number of rotatable bonds is 7. The Labute approximate surface area is 153 Å². The Morgan fingerprint density at radius 3 is 2.58 bits per heavy atom. The van der Waals surface area contributed by atoms with E-state index in [1.54, 1.807) is 24.3 Å². The molecule has 1 fully saturated rings. The van der Waals surface area contributed by atoms with E-state index in [9.17, 15) is 14.7 Å². The van der Waals surface area contributed by atoms with Crippen molar-refractivity contribution >= 4 is 11.9 Å². The molecule has 2 aromatic rings. The van der Waals surface area contributed by atoms with Crippen molar-refractivity contribution in [1.82, 2.24) is 5.32 Å². The summed E-state index contributed by atoms with van der Waals surface area (Å²) in [5.74, 6) is -0.772. The molecule has 0 radical (unpaired) electrons. The van der Waals surface area contributed by atoms with Crippen molar-refractivity contribution in [1.29, 1.82) is 0 Å². The van der Waals surface area contributed by atoms with Gasteiger partial charge in [-0.05, 0) is 30.0 Å². The van der Waals surface area contributed by atoms with E-state index in [4.69, 9.17) is 4.74 Å². The van der Waals surface area contributed by atoms with Crippen LogP contribution in [0.4, 0.5) is 0 Å². The van der Waals surface area contributed by atoms with Crippen LogP contribution in [-0.2, 0) is 16.0 Å². The van der Waals surface area contributed by atoms with Gasteiger partial charge in [0.15, 0.2) is 0 Å². The average molecular weight is 353 g/mol. The van der Waals surface area contributed by atoms with E-state index in [0.717, 1.165) is 12.0 Å². The van der Waals surface area contributed by atoms with Gasteiger partial charge in [0.05, 0.1) is 11.7 Å². The fourth-order valence-corrected chi connectivity index (χ4v) is 3.38. The number of amides is 1. The van der Waals surface area contributed by atoms with Crippen LogP contribution in [0.1, 0.15) is 40.4 Å². The van der Waals surface area contributed by atoms with E-state index in [1.807, 2.05) is 30.3 Å². The number of carbonyl (C=O) groups excluding carboxylic acids is 1. The Kier molecular flexibility index (Phi) is 6.02. The topological polar surface area (TPSA) is 75.6 Å². The summed E-state index contributed by atoms with van der Waals surface area (Å²) in [5, 5.41) is 12.2. The van der Waals surface area contributed by atoms with Gasteiger partial charge in [-0.25, -0.2) is 4.79 Å². The minimum absolute atomic E-state index is 0.0178. The number of carboxylic acids is 1. The number of nitrogens with one attached hydrogen (secondary N) is 1. The SMILES string of the molecule is O=C(CCc1ccccc1C(=O)O)NC[C@H]1CCO[C@@H]1c1ccccc1. The summed E-state index contributed by atoms with van der Waals surface area (Å²) >= 11 is 0. The minimum atomic E-state index is -0.963. The third kappa shape index (κ3) is 4.49. The van der Waals surface area contributed by atoms with E-state index < -0.39 is 5.97 Å². The molecule has 2 N–H and O–H groups in total. The van der Waals surface area contributed by atoms with Crippen molar-refractivity contribution in [3.8, 4) is 0 Å². The smallest absolute Gasteiger partial charge is 0.335 e. The van der Waals surface area contributed by atoms with Gasteiger partial charge in [0.25, 0.3) is 0 Å². The van der Waals surface area contributed by atoms with Crippen LogP contribution in [0.15, 0.2) is 54.6 Å². The van der Waals surface area contributed by atoms with Crippen LogP contribution in [0.5, 0.6) is 0 Å². The van der Waals surface area contributed by atoms with Crippen LogP contribution in [0.3, 0.4) is 0 Å². The highest BCUT2D eigenvalue weighted by molar-refractivity contribution is 5.89. The number of ether oxygens (including phenoxy) is 1. The molecule has 0 aliphatic carbocycles. The first kappa shape index (κ1) is 18.1. The second-order valence-corrected chi connectivity index (χ2v) is 6.52. The molecule has 1 aliphatic rings. The molecule has 26 heavy (non-hydrogen) atoms. The second-order valence-electron chi connectivity index (χ2n) is 6.52. The third-order valence-corrected chi connectivity index (χ3v) is 4.77. The van der Waals surface area contributed by atoms with Gasteiger partial charge in [0.1, 0.15) is 0 Å². The number of aryl methyl sites for hydroxylation is 1. The molecule has 0 aromatic heterocycles. The van der Waals surface area contributed by atoms with Gasteiger partial charge in [0.2, 0.25) is 5.91 Å². The Bertz CT molecular complexity index is 760. The summed E-state index contributed by atoms with van der Waals surface area (Å²) in [4.78, 5) is 23.4. The number of hydrogen-bond acceptors (Lipinski definition) is 3. The lowest BCUT2D eigenvalue weighted by molar-refractivity contribution is -0.121. The molecule has 2 aromatic carbocycles. The standard InChI is InChI=1S/C21H23NO4/c23-19(11-10-15-6-4-5-9-18(15)21(24)25)22-14-17-12-13-26-20(17)16-7-2-1-3-8-16/h1-9,17,20H,10-14H2,(H,22,23)(H,24,25)/t17-,20-/m1/s1. The maximum atomic E-state index is 12.2. The molecule has 3 rings (SSSR count). The second kappa shape index (κ2) is 8.63. The van der Waals surface area contributed by atoms with Crippen LogP contribution in [0.2, 0.25) is 0 Å². The van der Waals surface area contributed by atoms with Gasteiger partial charge in [-0.15, -0.1) is 0 Å². The van der Waals surface area contributed by atoms with Gasteiger partial charge >= 0.3 is 5.97 Å². The first-order chi connectivity index (χ1) is 12.6. The molecular formula is C21H23NO4. The Balaban J connectivity index is 1.51. The van der Waals surface area contributed by atoms with Crippen LogP contribution < -0.4 is 5.32 Å². The molecule has 5 heteroatoms. The molecular weight excluding hydrogens is 330 g/mol. The molecule has 1 aliphatic heterocycles. The summed E-state index contributed by atoms with van der Waals surface area (Å²) < 4.78 is 5.84. The zero-order valence-electron chi connectivity index (χ0n) is 14.6. The van der Waals surface area contributed by atoms with Crippen molar-refractivity contribution in [2.24, 2.45) is 5.92 Å². The molecule has 0 bridgehead atoms. The first-order valence-electron chi connectivity index (χ1n) is 8.89. The molecule has 1 saturated heterocycles. The molecule has 0 unspecified atom stereocenters.